The van der Waals surface area contributed by atoms with Crippen LogP contribution in [0.4, 0.5) is 17.6 Å². The van der Waals surface area contributed by atoms with Crippen LogP contribution in [0.25, 0.3) is 9.75 Å². The van der Waals surface area contributed by atoms with Crippen LogP contribution in [0.5, 0.6) is 0 Å². The quantitative estimate of drug-likeness (QED) is 0.419. The van der Waals surface area contributed by atoms with E-state index in [1.807, 2.05) is 0 Å². The smallest absolute Gasteiger partial charge is 0.178 e. The topological polar surface area (TPSA) is 0 Å². The normalized spacial score (nSPS) is 11.3. The van der Waals surface area contributed by atoms with E-state index in [9.17, 15) is 17.6 Å². The highest BCUT2D eigenvalue weighted by Gasteiger charge is 2.25. The standard InChI is InChI=1S/C15H16F4S2/c1-3-4-5-6-7-9-11(17)13(19)15(21-9)14-12(18)10(16)8(2)20-14/h3-7H2,1-2H3. The van der Waals surface area contributed by atoms with Crippen molar-refractivity contribution in [1.82, 2.24) is 0 Å². The van der Waals surface area contributed by atoms with E-state index in [0.29, 0.717) is 6.42 Å². The van der Waals surface area contributed by atoms with Gasteiger partial charge in [-0.2, -0.15) is 0 Å². The number of halogens is 4. The molecule has 0 bridgehead atoms. The van der Waals surface area contributed by atoms with Crippen molar-refractivity contribution in [1.29, 1.82) is 0 Å². The van der Waals surface area contributed by atoms with Gasteiger partial charge in [-0.3, -0.25) is 0 Å². The van der Waals surface area contributed by atoms with Crippen LogP contribution in [-0.4, -0.2) is 0 Å². The fraction of sp³-hybridized carbons (Fsp3) is 0.467. The van der Waals surface area contributed by atoms with Crippen LogP contribution in [0.1, 0.15) is 42.4 Å². The second-order valence-electron chi connectivity index (χ2n) is 4.91. The molecule has 2 heterocycles. The maximum atomic E-state index is 14.0. The zero-order valence-corrected chi connectivity index (χ0v) is 13.5. The van der Waals surface area contributed by atoms with Crippen LogP contribution in [0.15, 0.2) is 0 Å². The van der Waals surface area contributed by atoms with Crippen molar-refractivity contribution in [2.45, 2.75) is 46.0 Å². The van der Waals surface area contributed by atoms with E-state index < -0.39 is 23.3 Å². The number of thiophene rings is 2. The molecule has 0 atom stereocenters. The summed E-state index contributed by atoms with van der Waals surface area (Å²) >= 11 is 1.70. The second kappa shape index (κ2) is 6.92. The Morgan fingerprint density at radius 2 is 1.38 bits per heavy atom. The molecule has 0 radical (unpaired) electrons. The molecule has 0 N–H and O–H groups in total. The van der Waals surface area contributed by atoms with Gasteiger partial charge in [0.25, 0.3) is 0 Å². The Balaban J connectivity index is 2.27. The minimum Gasteiger partial charge on any atom is -0.203 e. The van der Waals surface area contributed by atoms with Crippen molar-refractivity contribution in [3.05, 3.63) is 33.0 Å². The zero-order valence-electron chi connectivity index (χ0n) is 11.9. The first-order valence-corrected chi connectivity index (χ1v) is 8.52. The number of rotatable bonds is 6. The Kier molecular flexibility index (Phi) is 5.43. The maximum absolute atomic E-state index is 14.0. The molecule has 2 rings (SSSR count). The van der Waals surface area contributed by atoms with Crippen LogP contribution in [0.3, 0.4) is 0 Å². The van der Waals surface area contributed by atoms with E-state index in [1.54, 1.807) is 0 Å². The number of hydrogen-bond donors (Lipinski definition) is 0. The lowest BCUT2D eigenvalue weighted by Gasteiger charge is -1.97. The molecule has 0 aliphatic heterocycles. The molecule has 0 aliphatic carbocycles. The molecule has 116 valence electrons. The van der Waals surface area contributed by atoms with Gasteiger partial charge in [0.2, 0.25) is 0 Å². The molecule has 0 amide bonds. The van der Waals surface area contributed by atoms with Gasteiger partial charge >= 0.3 is 0 Å². The van der Waals surface area contributed by atoms with Gasteiger partial charge in [-0.25, -0.2) is 17.6 Å². The molecule has 0 aliphatic rings. The van der Waals surface area contributed by atoms with Gasteiger partial charge < -0.3 is 0 Å². The summed E-state index contributed by atoms with van der Waals surface area (Å²) in [6, 6.07) is 0. The van der Waals surface area contributed by atoms with Crippen molar-refractivity contribution in [3.8, 4) is 9.75 Å². The SMILES string of the molecule is CCCCCCc1sc(-c2sc(C)c(F)c2F)c(F)c1F. The molecule has 2 aromatic heterocycles. The average Bonchev–Trinajstić information content (AvgIpc) is 2.88. The summed E-state index contributed by atoms with van der Waals surface area (Å²) in [5, 5.41) is 0. The van der Waals surface area contributed by atoms with Gasteiger partial charge in [0, 0.05) is 9.75 Å². The Morgan fingerprint density at radius 3 is 1.95 bits per heavy atom. The maximum Gasteiger partial charge on any atom is 0.178 e. The minimum absolute atomic E-state index is 0.132. The van der Waals surface area contributed by atoms with Gasteiger partial charge in [-0.15, -0.1) is 22.7 Å². The van der Waals surface area contributed by atoms with Gasteiger partial charge in [0.15, 0.2) is 23.3 Å². The summed E-state index contributed by atoms with van der Waals surface area (Å²) < 4.78 is 55.0. The molecule has 6 heteroatoms. The van der Waals surface area contributed by atoms with Crippen LogP contribution < -0.4 is 0 Å². The highest BCUT2D eigenvalue weighted by atomic mass is 32.1. The Labute approximate surface area is 129 Å². The predicted octanol–water partition coefficient (Wildman–Crippen LogP) is 6.46. The van der Waals surface area contributed by atoms with Crippen LogP contribution in [0.2, 0.25) is 0 Å². The lowest BCUT2D eigenvalue weighted by Crippen LogP contribution is -1.87. The lowest BCUT2D eigenvalue weighted by atomic mass is 10.1. The Bertz CT molecular complexity index is 628. The third-order valence-electron chi connectivity index (χ3n) is 3.28. The molecule has 0 spiro atoms. The third kappa shape index (κ3) is 3.31. The Morgan fingerprint density at radius 1 is 0.762 bits per heavy atom. The summed E-state index contributed by atoms with van der Waals surface area (Å²) in [7, 11) is 0. The van der Waals surface area contributed by atoms with Gasteiger partial charge in [0.05, 0.1) is 9.75 Å². The first-order valence-electron chi connectivity index (χ1n) is 6.88. The summed E-state index contributed by atoms with van der Waals surface area (Å²) in [4.78, 5) is 0.142. The van der Waals surface area contributed by atoms with Crippen molar-refractivity contribution < 1.29 is 17.6 Å². The van der Waals surface area contributed by atoms with Crippen LogP contribution in [-0.2, 0) is 6.42 Å². The van der Waals surface area contributed by atoms with E-state index in [4.69, 9.17) is 0 Å². The average molecular weight is 336 g/mol. The van der Waals surface area contributed by atoms with Crippen molar-refractivity contribution in [3.63, 3.8) is 0 Å². The molecule has 0 unspecified atom stereocenters. The third-order valence-corrected chi connectivity index (χ3v) is 5.70. The van der Waals surface area contributed by atoms with Gasteiger partial charge in [-0.05, 0) is 19.8 Å². The molecule has 0 nitrogen and oxygen atoms in total. The zero-order chi connectivity index (χ0) is 15.6. The van der Waals surface area contributed by atoms with E-state index in [0.717, 1.165) is 48.4 Å². The second-order valence-corrected chi connectivity index (χ2v) is 7.24. The molecule has 0 saturated carbocycles. The van der Waals surface area contributed by atoms with E-state index in [2.05, 4.69) is 6.92 Å². The number of aryl methyl sites for hydroxylation is 2. The van der Waals surface area contributed by atoms with E-state index in [-0.39, 0.29) is 19.5 Å². The number of hydrogen-bond acceptors (Lipinski definition) is 2. The number of unbranched alkanes of at least 4 members (excludes halogenated alkanes) is 3. The highest BCUT2D eigenvalue weighted by molar-refractivity contribution is 7.22. The lowest BCUT2D eigenvalue weighted by molar-refractivity contribution is 0.503. The first-order chi connectivity index (χ1) is 9.97. The molecule has 0 fully saturated rings. The molecule has 0 saturated heterocycles. The molecular weight excluding hydrogens is 320 g/mol. The summed E-state index contributed by atoms with van der Waals surface area (Å²) in [5.41, 5.74) is 0. The monoisotopic (exact) mass is 336 g/mol. The van der Waals surface area contributed by atoms with Crippen molar-refractivity contribution >= 4 is 22.7 Å². The largest absolute Gasteiger partial charge is 0.203 e. The first kappa shape index (κ1) is 16.5. The molecule has 21 heavy (non-hydrogen) atoms. The van der Waals surface area contributed by atoms with Crippen LogP contribution >= 0.6 is 22.7 Å². The Hall–Kier alpha value is -0.880. The summed E-state index contributed by atoms with van der Waals surface area (Å²) in [6.45, 7) is 3.49. The van der Waals surface area contributed by atoms with Crippen molar-refractivity contribution in [2.24, 2.45) is 0 Å². The summed E-state index contributed by atoms with van der Waals surface area (Å²) in [5.74, 6) is -4.05. The predicted molar refractivity (Wildman–Crippen MR) is 80.0 cm³/mol. The molecular formula is C15H16F4S2. The molecule has 2 aromatic rings. The fourth-order valence-electron chi connectivity index (χ4n) is 2.10. The van der Waals surface area contributed by atoms with E-state index >= 15 is 0 Å². The summed E-state index contributed by atoms with van der Waals surface area (Å²) in [6.07, 6.45) is 4.26. The fourth-order valence-corrected chi connectivity index (χ4v) is 4.23. The molecule has 0 aromatic carbocycles. The van der Waals surface area contributed by atoms with Gasteiger partial charge in [0.1, 0.15) is 0 Å². The minimum atomic E-state index is -1.09. The van der Waals surface area contributed by atoms with Crippen LogP contribution in [0, 0.1) is 30.2 Å². The highest BCUT2D eigenvalue weighted by Crippen LogP contribution is 2.41. The van der Waals surface area contributed by atoms with E-state index in [1.165, 1.54) is 6.92 Å². The van der Waals surface area contributed by atoms with Crippen molar-refractivity contribution in [2.75, 3.05) is 0 Å². The van der Waals surface area contributed by atoms with Gasteiger partial charge in [-0.1, -0.05) is 26.2 Å².